The first kappa shape index (κ1) is 16.3. The molecule has 0 aliphatic carbocycles. The number of nitrogens with one attached hydrogen (secondary N) is 1. The van der Waals surface area contributed by atoms with Crippen molar-refractivity contribution in [2.24, 2.45) is 0 Å². The van der Waals surface area contributed by atoms with Crippen LogP contribution in [0.5, 0.6) is 11.5 Å². The number of hydrogen-bond donors (Lipinski definition) is 2. The lowest BCUT2D eigenvalue weighted by molar-refractivity contribution is 0.311. The molecular formula is C17H22N4O3. The Hall–Kier alpha value is -2.54. The van der Waals surface area contributed by atoms with Crippen LogP contribution < -0.4 is 19.7 Å². The molecule has 2 N–H and O–H groups in total. The molecular weight excluding hydrogens is 308 g/mol. The molecule has 0 radical (unpaired) electrons. The molecule has 0 saturated heterocycles. The van der Waals surface area contributed by atoms with Crippen LogP contribution in [0.1, 0.15) is 11.1 Å². The van der Waals surface area contributed by atoms with Crippen LogP contribution in [0, 0.1) is 0 Å². The molecule has 2 aromatic rings. The number of nitrogens with zero attached hydrogens (tertiary/aromatic N) is 3. The Kier molecular flexibility index (Phi) is 5.00. The molecule has 0 atom stereocenters. The fraction of sp³-hybridized carbons (Fsp3) is 0.412. The highest BCUT2D eigenvalue weighted by atomic mass is 16.5. The normalized spacial score (nSPS) is 13.4. The van der Waals surface area contributed by atoms with Gasteiger partial charge in [0.15, 0.2) is 11.5 Å². The lowest BCUT2D eigenvalue weighted by Gasteiger charge is -2.30. The third-order valence-electron chi connectivity index (χ3n) is 4.11. The number of benzene rings is 1. The molecule has 7 heteroatoms. The predicted molar refractivity (Wildman–Crippen MR) is 91.9 cm³/mol. The summed E-state index contributed by atoms with van der Waals surface area (Å²) in [5.74, 6) is 3.09. The molecule has 7 nitrogen and oxygen atoms in total. The average Bonchev–Trinajstić information content (AvgIpc) is 2.64. The van der Waals surface area contributed by atoms with E-state index in [0.717, 1.165) is 36.8 Å². The molecule has 0 spiro atoms. The van der Waals surface area contributed by atoms with Crippen LogP contribution in [0.4, 0.5) is 11.6 Å². The van der Waals surface area contributed by atoms with Crippen molar-refractivity contribution in [1.82, 2.24) is 9.97 Å². The Morgan fingerprint density at radius 2 is 1.88 bits per heavy atom. The van der Waals surface area contributed by atoms with E-state index in [-0.39, 0.29) is 6.61 Å². The minimum atomic E-state index is 0.0675. The number of methoxy groups -OCH3 is 2. The molecule has 24 heavy (non-hydrogen) atoms. The van der Waals surface area contributed by atoms with Crippen molar-refractivity contribution in [3.63, 3.8) is 0 Å². The first-order valence-corrected chi connectivity index (χ1v) is 7.90. The number of ether oxygens (including phenoxy) is 2. The molecule has 0 amide bonds. The van der Waals surface area contributed by atoms with Gasteiger partial charge >= 0.3 is 0 Å². The van der Waals surface area contributed by atoms with Gasteiger partial charge in [-0.3, -0.25) is 0 Å². The molecule has 1 aliphatic rings. The maximum absolute atomic E-state index is 8.91. The van der Waals surface area contributed by atoms with Gasteiger partial charge in [-0.1, -0.05) is 0 Å². The number of anilines is 2. The fourth-order valence-electron chi connectivity index (χ4n) is 2.88. The van der Waals surface area contributed by atoms with E-state index in [2.05, 4.69) is 26.3 Å². The van der Waals surface area contributed by atoms with Crippen molar-refractivity contribution in [2.75, 3.05) is 44.1 Å². The first-order chi connectivity index (χ1) is 11.7. The lowest BCUT2D eigenvalue weighted by Crippen LogP contribution is -2.31. The SMILES string of the molecule is COc1cc2c(cc1OC)CN(c1cc(NCCO)ncn1)CC2. The Balaban J connectivity index is 1.82. The van der Waals surface area contributed by atoms with Crippen LogP contribution in [0.25, 0.3) is 0 Å². The summed E-state index contributed by atoms with van der Waals surface area (Å²) in [6, 6.07) is 5.99. The van der Waals surface area contributed by atoms with E-state index >= 15 is 0 Å². The van der Waals surface area contributed by atoms with Crippen LogP contribution in [-0.2, 0) is 13.0 Å². The van der Waals surface area contributed by atoms with E-state index in [1.54, 1.807) is 20.5 Å². The quantitative estimate of drug-likeness (QED) is 0.830. The van der Waals surface area contributed by atoms with Crippen molar-refractivity contribution in [3.05, 3.63) is 35.7 Å². The number of aliphatic hydroxyl groups is 1. The van der Waals surface area contributed by atoms with Crippen LogP contribution in [0.3, 0.4) is 0 Å². The van der Waals surface area contributed by atoms with Crippen molar-refractivity contribution in [1.29, 1.82) is 0 Å². The topological polar surface area (TPSA) is 79.7 Å². The molecule has 3 rings (SSSR count). The molecule has 0 saturated carbocycles. The second kappa shape index (κ2) is 7.35. The van der Waals surface area contributed by atoms with Gasteiger partial charge in [0.1, 0.15) is 18.0 Å². The van der Waals surface area contributed by atoms with Gasteiger partial charge in [-0.05, 0) is 29.7 Å². The number of rotatable bonds is 6. The van der Waals surface area contributed by atoms with Crippen molar-refractivity contribution >= 4 is 11.6 Å². The Morgan fingerprint density at radius 1 is 1.12 bits per heavy atom. The minimum Gasteiger partial charge on any atom is -0.493 e. The zero-order valence-electron chi connectivity index (χ0n) is 14.0. The minimum absolute atomic E-state index is 0.0675. The smallest absolute Gasteiger partial charge is 0.161 e. The van der Waals surface area contributed by atoms with E-state index in [0.29, 0.717) is 12.4 Å². The van der Waals surface area contributed by atoms with Gasteiger partial charge in [-0.15, -0.1) is 0 Å². The Morgan fingerprint density at radius 3 is 2.58 bits per heavy atom. The van der Waals surface area contributed by atoms with E-state index in [1.807, 2.05) is 12.1 Å². The average molecular weight is 330 g/mol. The number of aromatic nitrogens is 2. The third-order valence-corrected chi connectivity index (χ3v) is 4.11. The second-order valence-corrected chi connectivity index (χ2v) is 5.56. The summed E-state index contributed by atoms with van der Waals surface area (Å²) in [5.41, 5.74) is 2.49. The number of fused-ring (bicyclic) bond motifs is 1. The highest BCUT2D eigenvalue weighted by molar-refractivity contribution is 5.54. The highest BCUT2D eigenvalue weighted by Gasteiger charge is 2.20. The van der Waals surface area contributed by atoms with Crippen LogP contribution in [0.15, 0.2) is 24.5 Å². The van der Waals surface area contributed by atoms with E-state index < -0.39 is 0 Å². The standard InChI is InChI=1S/C17H22N4O3/c1-23-14-7-12-3-5-21(10-13(12)8-15(14)24-2)17-9-16(18-4-6-22)19-11-20-17/h7-9,11,22H,3-6,10H2,1-2H3,(H,18,19,20). The van der Waals surface area contributed by atoms with Gasteiger partial charge < -0.3 is 24.8 Å². The van der Waals surface area contributed by atoms with E-state index in [1.165, 1.54) is 11.1 Å². The lowest BCUT2D eigenvalue weighted by atomic mass is 9.99. The largest absolute Gasteiger partial charge is 0.493 e. The molecule has 1 aliphatic heterocycles. The zero-order valence-corrected chi connectivity index (χ0v) is 14.0. The summed E-state index contributed by atoms with van der Waals surface area (Å²) >= 11 is 0. The highest BCUT2D eigenvalue weighted by Crippen LogP contribution is 2.34. The van der Waals surface area contributed by atoms with Crippen molar-refractivity contribution in [2.45, 2.75) is 13.0 Å². The molecule has 0 unspecified atom stereocenters. The Bertz CT molecular complexity index is 708. The summed E-state index contributed by atoms with van der Waals surface area (Å²) < 4.78 is 10.8. The summed E-state index contributed by atoms with van der Waals surface area (Å²) in [4.78, 5) is 10.8. The monoisotopic (exact) mass is 330 g/mol. The fourth-order valence-corrected chi connectivity index (χ4v) is 2.88. The first-order valence-electron chi connectivity index (χ1n) is 7.90. The second-order valence-electron chi connectivity index (χ2n) is 5.56. The number of aliphatic hydroxyl groups excluding tert-OH is 1. The summed E-state index contributed by atoms with van der Waals surface area (Å²) in [7, 11) is 3.30. The van der Waals surface area contributed by atoms with Gasteiger partial charge in [0.2, 0.25) is 0 Å². The van der Waals surface area contributed by atoms with Gasteiger partial charge in [-0.25, -0.2) is 9.97 Å². The third kappa shape index (κ3) is 3.35. The zero-order chi connectivity index (χ0) is 16.9. The molecule has 0 bridgehead atoms. The van der Waals surface area contributed by atoms with Crippen LogP contribution >= 0.6 is 0 Å². The molecule has 2 heterocycles. The van der Waals surface area contributed by atoms with Crippen LogP contribution in [-0.4, -0.2) is 49.0 Å². The van der Waals surface area contributed by atoms with Crippen molar-refractivity contribution in [3.8, 4) is 11.5 Å². The number of hydrogen-bond acceptors (Lipinski definition) is 7. The molecule has 0 fully saturated rings. The maximum atomic E-state index is 8.91. The van der Waals surface area contributed by atoms with Gasteiger partial charge in [0.25, 0.3) is 0 Å². The molecule has 128 valence electrons. The summed E-state index contributed by atoms with van der Waals surface area (Å²) in [6.45, 7) is 2.17. The maximum Gasteiger partial charge on any atom is 0.161 e. The summed E-state index contributed by atoms with van der Waals surface area (Å²) in [6.07, 6.45) is 2.46. The van der Waals surface area contributed by atoms with Gasteiger partial charge in [0, 0.05) is 25.7 Å². The van der Waals surface area contributed by atoms with E-state index in [9.17, 15) is 0 Å². The summed E-state index contributed by atoms with van der Waals surface area (Å²) in [5, 5.41) is 12.0. The molecule has 1 aromatic heterocycles. The Labute approximate surface area is 141 Å². The van der Waals surface area contributed by atoms with Crippen LogP contribution in [0.2, 0.25) is 0 Å². The van der Waals surface area contributed by atoms with Gasteiger partial charge in [-0.2, -0.15) is 0 Å². The predicted octanol–water partition coefficient (Wildman–Crippen LogP) is 1.46. The van der Waals surface area contributed by atoms with Gasteiger partial charge in [0.05, 0.1) is 20.8 Å². The van der Waals surface area contributed by atoms with E-state index in [4.69, 9.17) is 14.6 Å². The molecule has 1 aromatic carbocycles. The van der Waals surface area contributed by atoms with Crippen molar-refractivity contribution < 1.29 is 14.6 Å².